The van der Waals surface area contributed by atoms with Crippen LogP contribution in [0.3, 0.4) is 0 Å². The number of aromatic amines is 3. The van der Waals surface area contributed by atoms with Crippen LogP contribution in [0.1, 0.15) is 114 Å². The van der Waals surface area contributed by atoms with Gasteiger partial charge in [-0.1, -0.05) is 36.4 Å². The van der Waals surface area contributed by atoms with Crippen molar-refractivity contribution in [3.05, 3.63) is 196 Å². The number of halogens is 9. The Morgan fingerprint density at radius 1 is 0.361 bits per heavy atom. The van der Waals surface area contributed by atoms with Crippen molar-refractivity contribution in [1.82, 2.24) is 30.9 Å². The van der Waals surface area contributed by atoms with E-state index in [2.05, 4.69) is 46.9 Å². The van der Waals surface area contributed by atoms with E-state index in [4.69, 9.17) is 17.2 Å². The Kier molecular flexibility index (Phi) is 23.3. The Bertz CT molecular complexity index is 3790. The van der Waals surface area contributed by atoms with Gasteiger partial charge < -0.3 is 64.1 Å². The lowest BCUT2D eigenvalue weighted by Crippen LogP contribution is -2.44. The summed E-state index contributed by atoms with van der Waals surface area (Å²) in [6.07, 6.45) is -6.96. The lowest BCUT2D eigenvalue weighted by molar-refractivity contribution is -0.138. The van der Waals surface area contributed by atoms with Gasteiger partial charge in [-0.05, 0) is 202 Å². The number of amides is 6. The van der Waals surface area contributed by atoms with E-state index in [9.17, 15) is 68.3 Å². The molecule has 3 atom stereocenters. The van der Waals surface area contributed by atoms with Crippen molar-refractivity contribution in [3.8, 4) is 0 Å². The first kappa shape index (κ1) is 71.3. The lowest BCUT2D eigenvalue weighted by atomic mass is 9.85. The van der Waals surface area contributed by atoms with Crippen molar-refractivity contribution in [3.63, 3.8) is 0 Å². The number of benzene rings is 6. The van der Waals surface area contributed by atoms with Gasteiger partial charge in [-0.2, -0.15) is 39.5 Å². The smallest absolute Gasteiger partial charge is 0.361 e. The van der Waals surface area contributed by atoms with Crippen LogP contribution in [0.15, 0.2) is 146 Å². The van der Waals surface area contributed by atoms with Crippen LogP contribution in [-0.4, -0.2) is 88.2 Å². The van der Waals surface area contributed by atoms with E-state index in [1.54, 1.807) is 72.8 Å². The molecule has 27 heteroatoms. The molecule has 0 aliphatic heterocycles. The first-order valence-corrected chi connectivity index (χ1v) is 31.5. The predicted octanol–water partition coefficient (Wildman–Crippen LogP) is 11.8. The maximum absolute atomic E-state index is 14.0. The number of alkyl halides is 9. The summed E-state index contributed by atoms with van der Waals surface area (Å²) >= 11 is 0. The monoisotopic (exact) mass is 1350 g/mol. The number of aromatic nitrogens is 3. The average molecular weight is 1350 g/mol. The van der Waals surface area contributed by atoms with Gasteiger partial charge in [-0.3, -0.25) is 28.8 Å². The largest absolute Gasteiger partial charge is 0.416 e. The van der Waals surface area contributed by atoms with E-state index in [1.807, 2.05) is 0 Å². The zero-order valence-corrected chi connectivity index (χ0v) is 52.4. The molecule has 0 aliphatic rings. The third-order valence-electron chi connectivity index (χ3n) is 16.7. The summed E-state index contributed by atoms with van der Waals surface area (Å²) in [6, 6.07) is 26.8. The van der Waals surface area contributed by atoms with Crippen LogP contribution in [0.25, 0.3) is 32.7 Å². The van der Waals surface area contributed by atoms with Gasteiger partial charge in [0.2, 0.25) is 35.4 Å². The Labute approximate surface area is 550 Å². The van der Waals surface area contributed by atoms with Crippen LogP contribution in [-0.2, 0) is 66.6 Å². The van der Waals surface area contributed by atoms with Gasteiger partial charge in [0.1, 0.15) is 18.1 Å². The number of carbonyl (C=O) groups is 6. The molecule has 18 nitrogen and oxygen atoms in total. The summed E-state index contributed by atoms with van der Waals surface area (Å²) in [6.45, 7) is 0.949. The Hall–Kier alpha value is -9.99. The number of nitrogens with one attached hydrogen (secondary N) is 9. The molecule has 0 saturated heterocycles. The zero-order valence-electron chi connectivity index (χ0n) is 52.4. The van der Waals surface area contributed by atoms with Crippen molar-refractivity contribution >= 4 is 85.2 Å². The number of hydrogen-bond donors (Lipinski definition) is 12. The fraction of sp³-hybridized carbons (Fsp3) is 0.314. The minimum atomic E-state index is -4.62. The second-order valence-corrected chi connectivity index (χ2v) is 23.7. The van der Waals surface area contributed by atoms with E-state index in [1.165, 1.54) is 36.8 Å². The van der Waals surface area contributed by atoms with Gasteiger partial charge in [-0.25, -0.2) is 0 Å². The van der Waals surface area contributed by atoms with Crippen LogP contribution < -0.4 is 49.1 Å². The minimum Gasteiger partial charge on any atom is -0.361 e. The average Bonchev–Trinajstić information content (AvgIpc) is 1.72. The van der Waals surface area contributed by atoms with Gasteiger partial charge in [0.25, 0.3) is 0 Å². The van der Waals surface area contributed by atoms with Crippen LogP contribution >= 0.6 is 0 Å². The molecule has 0 radical (unpaired) electrons. The van der Waals surface area contributed by atoms with E-state index >= 15 is 0 Å². The minimum absolute atomic E-state index is 0.188. The van der Waals surface area contributed by atoms with Crippen LogP contribution in [0, 0.1) is 0 Å². The highest BCUT2D eigenvalue weighted by Crippen LogP contribution is 2.37. The normalized spacial score (nSPS) is 13.0. The van der Waals surface area contributed by atoms with E-state index in [0.717, 1.165) is 36.4 Å². The lowest BCUT2D eigenvalue weighted by Gasteiger charge is -2.22. The Balaban J connectivity index is 0.939. The van der Waals surface area contributed by atoms with Gasteiger partial charge >= 0.3 is 18.5 Å². The molecule has 6 amide bonds. The molecule has 0 bridgehead atoms. The quantitative estimate of drug-likeness (QED) is 0.0116. The van der Waals surface area contributed by atoms with Gasteiger partial charge in [0.15, 0.2) is 0 Å². The summed E-state index contributed by atoms with van der Waals surface area (Å²) in [5, 5.41) is 17.5. The molecule has 512 valence electrons. The number of unbranched alkanes of at least 4 members (excludes halogenated alkanes) is 3. The number of anilines is 3. The second kappa shape index (κ2) is 31.7. The van der Waals surface area contributed by atoms with Crippen molar-refractivity contribution < 1.29 is 68.3 Å². The van der Waals surface area contributed by atoms with Gasteiger partial charge in [0, 0.05) is 74.3 Å². The highest BCUT2D eigenvalue weighted by Gasteiger charge is 2.34. The van der Waals surface area contributed by atoms with E-state index < -0.39 is 94.7 Å². The number of carbonyl (C=O) groups excluding carboxylic acids is 6. The maximum atomic E-state index is 14.0. The van der Waals surface area contributed by atoms with Crippen LogP contribution in [0.2, 0.25) is 0 Å². The number of hydrogen-bond acceptors (Lipinski definition) is 9. The number of rotatable bonds is 30. The second-order valence-electron chi connectivity index (χ2n) is 23.7. The zero-order chi connectivity index (χ0) is 69.6. The molecular weight excluding hydrogens is 1280 g/mol. The number of H-pyrrole nitrogens is 3. The van der Waals surface area contributed by atoms with Crippen molar-refractivity contribution in [2.75, 3.05) is 35.6 Å². The molecule has 3 heterocycles. The fourth-order valence-electron chi connectivity index (χ4n) is 11.6. The van der Waals surface area contributed by atoms with Crippen LogP contribution in [0.4, 0.5) is 56.6 Å². The molecule has 3 aromatic heterocycles. The molecule has 9 rings (SSSR count). The molecule has 0 aliphatic carbocycles. The molecule has 15 N–H and O–H groups in total. The molecule has 0 spiro atoms. The standard InChI is InChI=1S/C70H73F9N12O6/c71-68(72,73)46-16-25-55-52(34-46)43(37-83-55)31-61(92)89-58(7-1-4-28-80)65(95)86-49-19-10-40(11-20-49)64(41-12-21-50(22-13-41)87-66(96)59(8-2-5-29-81)90-62(93)32-44-38-84-56-26-17-47(35-53(44)56)69(74,75)76)42-14-23-51(24-15-42)88-67(97)60(9-3-6-30-82)91-63(94)33-45-39-85-57-27-18-48(36-54(45)57)70(77,78)79/h10-27,34-39,58-60,64,83-85H,1-9,28-33,80-82H2,(H,86,95)(H,87,96)(H,88,97)(H,89,92)(H,90,93)(H,91,94)/t58-,59-,60-/m1/s1. The summed E-state index contributed by atoms with van der Waals surface area (Å²) in [4.78, 5) is 91.4. The fourth-order valence-corrected chi connectivity index (χ4v) is 11.6. The van der Waals surface area contributed by atoms with Crippen molar-refractivity contribution in [2.24, 2.45) is 17.2 Å². The Morgan fingerprint density at radius 2 is 0.619 bits per heavy atom. The molecule has 97 heavy (non-hydrogen) atoms. The maximum Gasteiger partial charge on any atom is 0.416 e. The molecule has 0 saturated carbocycles. The van der Waals surface area contributed by atoms with Gasteiger partial charge in [0.05, 0.1) is 36.0 Å². The third kappa shape index (κ3) is 18.9. The molecule has 6 aromatic carbocycles. The number of fused-ring (bicyclic) bond motifs is 3. The molecular formula is C70H73F9N12O6. The topological polar surface area (TPSA) is 300 Å². The highest BCUT2D eigenvalue weighted by atomic mass is 19.4. The number of nitrogens with two attached hydrogens (primary N) is 3. The molecule has 0 fully saturated rings. The predicted molar refractivity (Wildman–Crippen MR) is 352 cm³/mol. The first-order valence-electron chi connectivity index (χ1n) is 31.5. The Morgan fingerprint density at radius 3 is 0.856 bits per heavy atom. The van der Waals surface area contributed by atoms with Crippen LogP contribution in [0.5, 0.6) is 0 Å². The summed E-state index contributed by atoms with van der Waals surface area (Å²) < 4.78 is 123. The van der Waals surface area contributed by atoms with E-state index in [0.29, 0.717) is 125 Å². The first-order chi connectivity index (χ1) is 46.3. The summed E-state index contributed by atoms with van der Waals surface area (Å²) in [5.41, 5.74) is 19.8. The van der Waals surface area contributed by atoms with E-state index in [-0.39, 0.29) is 54.7 Å². The highest BCUT2D eigenvalue weighted by molar-refractivity contribution is 6.00. The van der Waals surface area contributed by atoms with Gasteiger partial charge in [-0.15, -0.1) is 0 Å². The molecule has 0 unspecified atom stereocenters. The summed E-state index contributed by atoms with van der Waals surface area (Å²) in [7, 11) is 0. The SMILES string of the molecule is NCCCC[C@@H](NC(=O)Cc1c[nH]c2ccc(C(F)(F)F)cc12)C(=O)Nc1ccc(C(c2ccc(NC(=O)[C@@H](CCCCN)NC(=O)Cc3c[nH]c4ccc(C(F)(F)F)cc34)cc2)c2ccc(NC(=O)[C@@H](CCCCN)NC(=O)Cc3c[nH]c4ccc(C(F)(F)F)cc34)cc2)cc1. The van der Waals surface area contributed by atoms with Crippen molar-refractivity contribution in [1.29, 1.82) is 0 Å². The molecule has 9 aromatic rings. The van der Waals surface area contributed by atoms with Crippen molar-refractivity contribution in [2.45, 2.75) is 120 Å². The third-order valence-corrected chi connectivity index (χ3v) is 16.7. The summed E-state index contributed by atoms with van der Waals surface area (Å²) in [5.74, 6) is -4.11.